The van der Waals surface area contributed by atoms with E-state index in [1.807, 2.05) is 6.92 Å². The van der Waals surface area contributed by atoms with Gasteiger partial charge in [-0.3, -0.25) is 10.1 Å². The number of pyridine rings is 1. The molecule has 0 amide bonds. The Morgan fingerprint density at radius 1 is 1.65 bits per heavy atom. The molecule has 0 aromatic carbocycles. The lowest BCUT2D eigenvalue weighted by Crippen LogP contribution is -2.27. The highest BCUT2D eigenvalue weighted by Gasteiger charge is 2.24. The Kier molecular flexibility index (Phi) is 3.10. The van der Waals surface area contributed by atoms with Crippen LogP contribution in [0.25, 0.3) is 0 Å². The molecule has 0 spiro atoms. The lowest BCUT2D eigenvalue weighted by Gasteiger charge is -2.16. The lowest BCUT2D eigenvalue weighted by molar-refractivity contribution is -0.384. The molecule has 2 unspecified atom stereocenters. The van der Waals surface area contributed by atoms with Crippen LogP contribution in [-0.2, 0) is 4.74 Å². The van der Waals surface area contributed by atoms with Crippen LogP contribution in [0.5, 0.6) is 0 Å². The van der Waals surface area contributed by atoms with Crippen molar-refractivity contribution >= 4 is 17.3 Å². The summed E-state index contributed by atoms with van der Waals surface area (Å²) in [6.45, 7) is 2.63. The fourth-order valence-electron chi connectivity index (χ4n) is 1.83. The topological polar surface area (TPSA) is 103 Å². The summed E-state index contributed by atoms with van der Waals surface area (Å²) in [6.07, 6.45) is 0.920. The summed E-state index contributed by atoms with van der Waals surface area (Å²) < 4.78 is 5.39. The van der Waals surface area contributed by atoms with Gasteiger partial charge < -0.3 is 15.8 Å². The molecule has 0 radical (unpaired) electrons. The highest BCUT2D eigenvalue weighted by atomic mass is 16.6. The summed E-state index contributed by atoms with van der Waals surface area (Å²) in [6, 6.07) is 2.73. The minimum Gasteiger partial charge on any atom is -0.383 e. The number of rotatable bonds is 3. The third kappa shape index (κ3) is 2.62. The molecule has 92 valence electrons. The lowest BCUT2D eigenvalue weighted by atomic mass is 10.1. The second-order valence-electron chi connectivity index (χ2n) is 4.01. The quantitative estimate of drug-likeness (QED) is 0.605. The van der Waals surface area contributed by atoms with Gasteiger partial charge in [0.05, 0.1) is 29.2 Å². The van der Waals surface area contributed by atoms with Gasteiger partial charge in [0.1, 0.15) is 11.6 Å². The maximum Gasteiger partial charge on any atom is 0.276 e. The third-order valence-corrected chi connectivity index (χ3v) is 2.75. The number of nitrogen functional groups attached to an aromatic ring is 1. The van der Waals surface area contributed by atoms with Crippen LogP contribution in [0.3, 0.4) is 0 Å². The van der Waals surface area contributed by atoms with Crippen LogP contribution >= 0.6 is 0 Å². The van der Waals surface area contributed by atoms with Crippen molar-refractivity contribution in [3.05, 3.63) is 22.2 Å². The standard InChI is InChI=1S/C10H14N4O3/c1-6-8(2-3-17-6)12-10-5-7(14(15)16)4-9(11)13-10/h4-6,8H,2-3H2,1H3,(H3,11,12,13). The van der Waals surface area contributed by atoms with Gasteiger partial charge in [0.25, 0.3) is 5.69 Å². The largest absolute Gasteiger partial charge is 0.383 e. The Balaban J connectivity index is 2.17. The van der Waals surface area contributed by atoms with Gasteiger partial charge in [-0.15, -0.1) is 0 Å². The SMILES string of the molecule is CC1OCCC1Nc1cc([N+](=O)[O-])cc(N)n1. The van der Waals surface area contributed by atoms with Crippen molar-refractivity contribution < 1.29 is 9.66 Å². The van der Waals surface area contributed by atoms with Crippen LogP contribution in [0.15, 0.2) is 12.1 Å². The Labute approximate surface area is 98.1 Å². The molecule has 1 fully saturated rings. The number of anilines is 2. The van der Waals surface area contributed by atoms with E-state index < -0.39 is 4.92 Å². The van der Waals surface area contributed by atoms with E-state index in [0.29, 0.717) is 12.4 Å². The second-order valence-corrected chi connectivity index (χ2v) is 4.01. The second kappa shape index (κ2) is 4.54. The molecule has 0 saturated carbocycles. The summed E-state index contributed by atoms with van der Waals surface area (Å²) in [5.41, 5.74) is 5.46. The first-order chi connectivity index (χ1) is 8.06. The van der Waals surface area contributed by atoms with Crippen LogP contribution in [0.2, 0.25) is 0 Å². The summed E-state index contributed by atoms with van der Waals surface area (Å²) in [5, 5.41) is 13.8. The first-order valence-corrected chi connectivity index (χ1v) is 5.36. The van der Waals surface area contributed by atoms with E-state index in [9.17, 15) is 10.1 Å². The van der Waals surface area contributed by atoms with E-state index >= 15 is 0 Å². The fraction of sp³-hybridized carbons (Fsp3) is 0.500. The molecule has 17 heavy (non-hydrogen) atoms. The summed E-state index contributed by atoms with van der Waals surface area (Å²) in [5.74, 6) is 0.548. The number of hydrogen-bond acceptors (Lipinski definition) is 6. The first kappa shape index (κ1) is 11.6. The van der Waals surface area contributed by atoms with Crippen LogP contribution in [0, 0.1) is 10.1 Å². The number of aromatic nitrogens is 1. The zero-order valence-corrected chi connectivity index (χ0v) is 9.42. The molecule has 3 N–H and O–H groups in total. The average Bonchev–Trinajstić information content (AvgIpc) is 2.63. The van der Waals surface area contributed by atoms with Gasteiger partial charge >= 0.3 is 0 Å². The zero-order valence-electron chi connectivity index (χ0n) is 9.42. The van der Waals surface area contributed by atoms with Crippen LogP contribution in [0.1, 0.15) is 13.3 Å². The minimum atomic E-state index is -0.488. The molecule has 7 nitrogen and oxygen atoms in total. The predicted octanol–water partition coefficient (Wildman–Crippen LogP) is 1.16. The van der Waals surface area contributed by atoms with E-state index in [-0.39, 0.29) is 23.7 Å². The highest BCUT2D eigenvalue weighted by molar-refractivity contribution is 5.53. The molecule has 1 aliphatic heterocycles. The first-order valence-electron chi connectivity index (χ1n) is 5.36. The van der Waals surface area contributed by atoms with Crippen molar-refractivity contribution in [1.29, 1.82) is 0 Å². The monoisotopic (exact) mass is 238 g/mol. The van der Waals surface area contributed by atoms with Crippen molar-refractivity contribution in [2.24, 2.45) is 0 Å². The number of nitrogens with zero attached hydrogens (tertiary/aromatic N) is 2. The summed E-state index contributed by atoms with van der Waals surface area (Å²) >= 11 is 0. The van der Waals surface area contributed by atoms with Crippen LogP contribution < -0.4 is 11.1 Å². The number of hydrogen-bond donors (Lipinski definition) is 2. The molecule has 2 heterocycles. The molecule has 0 bridgehead atoms. The molecule has 0 aliphatic carbocycles. The van der Waals surface area contributed by atoms with Gasteiger partial charge in [0, 0.05) is 6.61 Å². The molecule has 2 atom stereocenters. The Morgan fingerprint density at radius 2 is 2.41 bits per heavy atom. The van der Waals surface area contributed by atoms with E-state index in [1.165, 1.54) is 12.1 Å². The smallest absolute Gasteiger partial charge is 0.276 e. The van der Waals surface area contributed by atoms with E-state index in [4.69, 9.17) is 10.5 Å². The number of nitro groups is 1. The maximum atomic E-state index is 10.7. The third-order valence-electron chi connectivity index (χ3n) is 2.75. The van der Waals surface area contributed by atoms with E-state index in [2.05, 4.69) is 10.3 Å². The summed E-state index contributed by atoms with van der Waals surface area (Å²) in [7, 11) is 0. The Bertz CT molecular complexity index is 438. The van der Waals surface area contributed by atoms with Gasteiger partial charge in [-0.25, -0.2) is 4.98 Å². The highest BCUT2D eigenvalue weighted by Crippen LogP contribution is 2.22. The van der Waals surface area contributed by atoms with Gasteiger partial charge in [-0.05, 0) is 13.3 Å². The van der Waals surface area contributed by atoms with Crippen molar-refractivity contribution in [2.75, 3.05) is 17.7 Å². The minimum absolute atomic E-state index is 0.0634. The number of ether oxygens (including phenoxy) is 1. The van der Waals surface area contributed by atoms with Crippen LogP contribution in [0.4, 0.5) is 17.3 Å². The molecule has 1 saturated heterocycles. The fourth-order valence-corrected chi connectivity index (χ4v) is 1.83. The Hall–Kier alpha value is -1.89. The van der Waals surface area contributed by atoms with Gasteiger partial charge in [-0.1, -0.05) is 0 Å². The van der Waals surface area contributed by atoms with Crippen molar-refractivity contribution in [2.45, 2.75) is 25.5 Å². The van der Waals surface area contributed by atoms with Gasteiger partial charge in [0.15, 0.2) is 0 Å². The summed E-state index contributed by atoms with van der Waals surface area (Å²) in [4.78, 5) is 14.2. The van der Waals surface area contributed by atoms with Crippen molar-refractivity contribution in [1.82, 2.24) is 4.98 Å². The van der Waals surface area contributed by atoms with E-state index in [1.54, 1.807) is 0 Å². The molecule has 7 heteroatoms. The van der Waals surface area contributed by atoms with Crippen LogP contribution in [-0.4, -0.2) is 28.7 Å². The molecule has 2 rings (SSSR count). The zero-order chi connectivity index (χ0) is 12.4. The van der Waals surface area contributed by atoms with Gasteiger partial charge in [0.2, 0.25) is 0 Å². The Morgan fingerprint density at radius 3 is 3.00 bits per heavy atom. The molecule has 1 aliphatic rings. The predicted molar refractivity (Wildman–Crippen MR) is 62.7 cm³/mol. The molecular weight excluding hydrogens is 224 g/mol. The maximum absolute atomic E-state index is 10.7. The molecular formula is C10H14N4O3. The van der Waals surface area contributed by atoms with Crippen molar-refractivity contribution in [3.63, 3.8) is 0 Å². The van der Waals surface area contributed by atoms with Gasteiger partial charge in [-0.2, -0.15) is 0 Å². The number of nitrogens with two attached hydrogens (primary N) is 1. The molecule has 1 aromatic heterocycles. The van der Waals surface area contributed by atoms with Crippen molar-refractivity contribution in [3.8, 4) is 0 Å². The average molecular weight is 238 g/mol. The number of nitrogens with one attached hydrogen (secondary N) is 1. The van der Waals surface area contributed by atoms with E-state index in [0.717, 1.165) is 6.42 Å². The normalized spacial score (nSPS) is 23.6. The molecule has 1 aromatic rings.